The van der Waals surface area contributed by atoms with Gasteiger partial charge in [0.05, 0.1) is 6.10 Å². The highest BCUT2D eigenvalue weighted by Gasteiger charge is 2.68. The third-order valence-corrected chi connectivity index (χ3v) is 7.25. The van der Waals surface area contributed by atoms with Crippen molar-refractivity contribution in [1.29, 1.82) is 0 Å². The minimum Gasteiger partial charge on any atom is -0.491 e. The summed E-state index contributed by atoms with van der Waals surface area (Å²) in [6.07, 6.45) is -9.97. The van der Waals surface area contributed by atoms with E-state index in [1.807, 2.05) is 39.0 Å². The maximum Gasteiger partial charge on any atom is 0.430 e. The molecule has 0 fully saturated rings. The number of rotatable bonds is 12. The van der Waals surface area contributed by atoms with E-state index in [1.165, 1.54) is 6.07 Å². The minimum absolute atomic E-state index is 0.0129. The average molecular weight is 563 g/mol. The van der Waals surface area contributed by atoms with E-state index in [0.29, 0.717) is 43.1 Å². The summed E-state index contributed by atoms with van der Waals surface area (Å²) in [5, 5.41) is 28.3. The number of hydrogen-bond acceptors (Lipinski definition) is 4. The van der Waals surface area contributed by atoms with Gasteiger partial charge in [0.15, 0.2) is 0 Å². The van der Waals surface area contributed by atoms with Crippen LogP contribution in [-0.4, -0.2) is 52.6 Å². The largest absolute Gasteiger partial charge is 0.491 e. The van der Waals surface area contributed by atoms with Gasteiger partial charge in [-0.05, 0) is 79.5 Å². The number of alkyl halides is 6. The fourth-order valence-corrected chi connectivity index (χ4v) is 4.66. The number of aryl methyl sites for hydroxylation is 2. The Balaban J connectivity index is 2.40. The van der Waals surface area contributed by atoms with Crippen molar-refractivity contribution in [1.82, 2.24) is 0 Å². The maximum absolute atomic E-state index is 13.0. The van der Waals surface area contributed by atoms with Crippen molar-refractivity contribution in [3.05, 3.63) is 70.3 Å². The van der Waals surface area contributed by atoms with E-state index in [9.17, 15) is 36.6 Å². The quantitative estimate of drug-likeness (QED) is 0.249. The first-order valence-electron chi connectivity index (χ1n) is 12.7. The zero-order valence-corrected chi connectivity index (χ0v) is 22.5. The molecule has 0 radical (unpaired) electrons. The molecule has 0 aliphatic heterocycles. The Bertz CT molecular complexity index is 1110. The Morgan fingerprint density at radius 1 is 0.872 bits per heavy atom. The molecule has 2 aromatic rings. The van der Waals surface area contributed by atoms with E-state index in [2.05, 4.69) is 0 Å². The van der Waals surface area contributed by atoms with Crippen LogP contribution in [0.25, 0.3) is 6.08 Å². The summed E-state index contributed by atoms with van der Waals surface area (Å²) >= 11 is 0. The van der Waals surface area contributed by atoms with Gasteiger partial charge in [0.2, 0.25) is 0 Å². The minimum atomic E-state index is -5.93. The molecule has 1 atom stereocenters. The van der Waals surface area contributed by atoms with Crippen LogP contribution >= 0.6 is 0 Å². The molecule has 218 valence electrons. The van der Waals surface area contributed by atoms with E-state index in [4.69, 9.17) is 9.84 Å². The van der Waals surface area contributed by atoms with Gasteiger partial charge in [-0.25, -0.2) is 0 Å². The summed E-state index contributed by atoms with van der Waals surface area (Å²) in [4.78, 5) is 0. The Morgan fingerprint density at radius 2 is 1.41 bits per heavy atom. The molecule has 39 heavy (non-hydrogen) atoms. The van der Waals surface area contributed by atoms with E-state index in [1.54, 1.807) is 19.1 Å². The normalized spacial score (nSPS) is 14.2. The molecule has 0 saturated carbocycles. The van der Waals surface area contributed by atoms with Gasteiger partial charge in [-0.1, -0.05) is 50.3 Å². The molecule has 0 spiro atoms. The predicted octanol–water partition coefficient (Wildman–Crippen LogP) is 6.79. The number of ether oxygens (including phenoxy) is 1. The molecule has 0 bridgehead atoms. The fraction of sp³-hybridized carbons (Fsp3) is 0.517. The second-order valence-corrected chi connectivity index (χ2v) is 9.77. The highest BCUT2D eigenvalue weighted by Crippen LogP contribution is 2.45. The van der Waals surface area contributed by atoms with Crippen LogP contribution < -0.4 is 4.74 Å². The lowest BCUT2D eigenvalue weighted by Crippen LogP contribution is -2.55. The third kappa shape index (κ3) is 7.15. The highest BCUT2D eigenvalue weighted by atomic mass is 19.4. The fourth-order valence-electron chi connectivity index (χ4n) is 4.66. The van der Waals surface area contributed by atoms with Crippen LogP contribution in [0, 0.1) is 13.8 Å². The predicted molar refractivity (Wildman–Crippen MR) is 138 cm³/mol. The molecule has 0 unspecified atom stereocenters. The zero-order chi connectivity index (χ0) is 29.6. The summed E-state index contributed by atoms with van der Waals surface area (Å²) in [5.74, 6) is 0.599. The number of halogens is 6. The first-order chi connectivity index (χ1) is 18.1. The second-order valence-electron chi connectivity index (χ2n) is 9.77. The van der Waals surface area contributed by atoms with Crippen molar-refractivity contribution >= 4 is 6.08 Å². The lowest BCUT2D eigenvalue weighted by atomic mass is 9.70. The van der Waals surface area contributed by atoms with Crippen LogP contribution in [-0.2, 0) is 5.41 Å². The zero-order valence-electron chi connectivity index (χ0n) is 22.5. The van der Waals surface area contributed by atoms with Gasteiger partial charge in [0.25, 0.3) is 5.60 Å². The van der Waals surface area contributed by atoms with Crippen molar-refractivity contribution in [3.8, 4) is 5.75 Å². The van der Waals surface area contributed by atoms with Gasteiger partial charge in [-0.3, -0.25) is 0 Å². The molecule has 0 amide bonds. The number of hydrogen-bond donors (Lipinski definition) is 3. The van der Waals surface area contributed by atoms with Gasteiger partial charge >= 0.3 is 12.4 Å². The maximum atomic E-state index is 13.0. The van der Waals surface area contributed by atoms with Crippen LogP contribution in [0.3, 0.4) is 0 Å². The SMILES string of the molecule is CCC(CC)(c1ccc(C=CC(O)(C(F)(F)F)C(F)(F)F)c(C)c1)c1ccc(OC[C@H](O)CCCO)c(C)c1. The Morgan fingerprint density at radius 3 is 1.87 bits per heavy atom. The monoisotopic (exact) mass is 562 g/mol. The van der Waals surface area contributed by atoms with Crippen LogP contribution in [0.15, 0.2) is 42.5 Å². The Labute approximate surface area is 224 Å². The number of benzene rings is 2. The van der Waals surface area contributed by atoms with Gasteiger partial charge in [-0.2, -0.15) is 26.3 Å². The van der Waals surface area contributed by atoms with E-state index >= 15 is 0 Å². The average Bonchev–Trinajstić information content (AvgIpc) is 2.86. The summed E-state index contributed by atoms with van der Waals surface area (Å²) in [6, 6.07) is 10.6. The van der Waals surface area contributed by atoms with Crippen molar-refractivity contribution in [2.24, 2.45) is 0 Å². The van der Waals surface area contributed by atoms with Crippen molar-refractivity contribution < 1.29 is 46.4 Å². The number of aliphatic hydroxyl groups excluding tert-OH is 2. The molecule has 3 N–H and O–H groups in total. The molecular weight excluding hydrogens is 526 g/mol. The highest BCUT2D eigenvalue weighted by molar-refractivity contribution is 5.57. The molecule has 0 aromatic heterocycles. The van der Waals surface area contributed by atoms with Crippen molar-refractivity contribution in [2.45, 2.75) is 82.9 Å². The lowest BCUT2D eigenvalue weighted by Gasteiger charge is -2.34. The lowest BCUT2D eigenvalue weighted by molar-refractivity contribution is -0.347. The molecule has 0 aliphatic carbocycles. The molecule has 0 aliphatic rings. The van der Waals surface area contributed by atoms with Crippen LogP contribution in [0.2, 0.25) is 0 Å². The van der Waals surface area contributed by atoms with E-state index in [-0.39, 0.29) is 24.9 Å². The molecule has 4 nitrogen and oxygen atoms in total. The van der Waals surface area contributed by atoms with Crippen molar-refractivity contribution in [3.63, 3.8) is 0 Å². The van der Waals surface area contributed by atoms with Crippen LogP contribution in [0.5, 0.6) is 5.75 Å². The van der Waals surface area contributed by atoms with E-state index in [0.717, 1.165) is 16.7 Å². The molecule has 10 heteroatoms. The first kappa shape index (κ1) is 32.7. The summed E-state index contributed by atoms with van der Waals surface area (Å²) < 4.78 is 84.1. The Hall–Kier alpha value is -2.56. The summed E-state index contributed by atoms with van der Waals surface area (Å²) in [7, 11) is 0. The molecule has 2 aromatic carbocycles. The van der Waals surface area contributed by atoms with Gasteiger partial charge in [0.1, 0.15) is 12.4 Å². The number of aliphatic hydroxyl groups is 3. The van der Waals surface area contributed by atoms with Gasteiger partial charge in [-0.15, -0.1) is 0 Å². The van der Waals surface area contributed by atoms with Crippen LogP contribution in [0.4, 0.5) is 26.3 Å². The smallest absolute Gasteiger partial charge is 0.430 e. The van der Waals surface area contributed by atoms with Crippen molar-refractivity contribution in [2.75, 3.05) is 13.2 Å². The standard InChI is InChI=1S/C29H36F6O4/c1-5-26(6-2,23-11-12-25(20(4)17-23)39-18-24(37)8-7-15-36)22-10-9-21(19(3)16-22)13-14-27(38,28(30,31)32)29(33,34)35/h9-14,16-17,24,36-38H,5-8,15,18H2,1-4H3/t24-/m1/s1. The van der Waals surface area contributed by atoms with E-state index < -0.39 is 29.5 Å². The van der Waals surface area contributed by atoms with Gasteiger partial charge in [0, 0.05) is 12.0 Å². The molecular formula is C29H36F6O4. The Kier molecular flexibility index (Phi) is 10.7. The summed E-state index contributed by atoms with van der Waals surface area (Å²) in [6.45, 7) is 7.52. The molecule has 0 heterocycles. The molecule has 0 saturated heterocycles. The van der Waals surface area contributed by atoms with Crippen LogP contribution in [0.1, 0.15) is 67.3 Å². The third-order valence-electron chi connectivity index (χ3n) is 7.25. The topological polar surface area (TPSA) is 69.9 Å². The summed E-state index contributed by atoms with van der Waals surface area (Å²) in [5.41, 5.74) is -2.24. The second kappa shape index (κ2) is 12.7. The van der Waals surface area contributed by atoms with Gasteiger partial charge < -0.3 is 20.1 Å². The first-order valence-corrected chi connectivity index (χ1v) is 12.7. The molecule has 2 rings (SSSR count).